The van der Waals surface area contributed by atoms with E-state index in [0.29, 0.717) is 24.6 Å². The van der Waals surface area contributed by atoms with Gasteiger partial charge < -0.3 is 10.1 Å². The van der Waals surface area contributed by atoms with E-state index in [1.54, 1.807) is 22.5 Å². The van der Waals surface area contributed by atoms with Gasteiger partial charge in [0.25, 0.3) is 0 Å². The van der Waals surface area contributed by atoms with Crippen LogP contribution in [-0.4, -0.2) is 45.5 Å². The molecule has 0 bridgehead atoms. The van der Waals surface area contributed by atoms with Crippen molar-refractivity contribution in [2.75, 3.05) is 26.7 Å². The lowest BCUT2D eigenvalue weighted by molar-refractivity contribution is 0.249. The Morgan fingerprint density at radius 3 is 3.05 bits per heavy atom. The van der Waals surface area contributed by atoms with Crippen molar-refractivity contribution in [2.24, 2.45) is 0 Å². The first-order valence-electron chi connectivity index (χ1n) is 7.55. The fraction of sp³-hybridized carbons (Fsp3) is 0.600. The van der Waals surface area contributed by atoms with Gasteiger partial charge in [0.05, 0.1) is 11.5 Å². The average Bonchev–Trinajstić information content (AvgIpc) is 2.95. The molecule has 0 aromatic heterocycles. The fourth-order valence-electron chi connectivity index (χ4n) is 3.19. The van der Waals surface area contributed by atoms with Crippen LogP contribution in [0, 0.1) is 0 Å². The summed E-state index contributed by atoms with van der Waals surface area (Å²) < 4.78 is 33.0. The molecule has 0 spiro atoms. The van der Waals surface area contributed by atoms with Crippen LogP contribution in [0.4, 0.5) is 0 Å². The lowest BCUT2D eigenvalue weighted by atomic mass is 10.1. The van der Waals surface area contributed by atoms with Crippen molar-refractivity contribution in [2.45, 2.75) is 36.6 Å². The second kappa shape index (κ2) is 5.94. The van der Waals surface area contributed by atoms with Crippen LogP contribution in [0.15, 0.2) is 23.1 Å². The molecule has 0 radical (unpaired) electrons. The van der Waals surface area contributed by atoms with E-state index in [9.17, 15) is 8.42 Å². The second-order valence-corrected chi connectivity index (χ2v) is 7.58. The van der Waals surface area contributed by atoms with E-state index in [2.05, 4.69) is 5.32 Å². The van der Waals surface area contributed by atoms with E-state index >= 15 is 0 Å². The highest BCUT2D eigenvalue weighted by Gasteiger charge is 2.33. The molecule has 1 N–H and O–H groups in total. The lowest BCUT2D eigenvalue weighted by Gasteiger charge is -2.34. The zero-order valence-electron chi connectivity index (χ0n) is 12.3. The van der Waals surface area contributed by atoms with Gasteiger partial charge in [0, 0.05) is 25.6 Å². The molecule has 3 rings (SSSR count). The Morgan fingerprint density at radius 1 is 1.38 bits per heavy atom. The van der Waals surface area contributed by atoms with Gasteiger partial charge in [-0.15, -0.1) is 0 Å². The maximum atomic E-state index is 12.9. The summed E-state index contributed by atoms with van der Waals surface area (Å²) in [7, 11) is -1.55. The standard InChI is InChI=1S/C15H22N2O3S/c1-16-11-13-4-2-3-8-17(13)21(18,19)14-5-6-15-12(10-14)7-9-20-15/h5-6,10,13,16H,2-4,7-9,11H2,1H3. The van der Waals surface area contributed by atoms with Gasteiger partial charge in [-0.25, -0.2) is 8.42 Å². The highest BCUT2D eigenvalue weighted by molar-refractivity contribution is 7.89. The lowest BCUT2D eigenvalue weighted by Crippen LogP contribution is -2.47. The molecule has 1 fully saturated rings. The molecule has 5 nitrogen and oxygen atoms in total. The summed E-state index contributed by atoms with van der Waals surface area (Å²) in [6.07, 6.45) is 3.75. The number of likely N-dealkylation sites (N-methyl/N-ethyl adjacent to an activating group) is 1. The largest absolute Gasteiger partial charge is 0.493 e. The van der Waals surface area contributed by atoms with Crippen LogP contribution in [0.5, 0.6) is 5.75 Å². The number of fused-ring (bicyclic) bond motifs is 1. The Morgan fingerprint density at radius 2 is 2.24 bits per heavy atom. The summed E-state index contributed by atoms with van der Waals surface area (Å²) in [5.74, 6) is 0.819. The summed E-state index contributed by atoms with van der Waals surface area (Å²) in [4.78, 5) is 0.398. The van der Waals surface area contributed by atoms with Crippen LogP contribution in [0.25, 0.3) is 0 Å². The molecule has 0 amide bonds. The van der Waals surface area contributed by atoms with Crippen molar-refractivity contribution in [3.8, 4) is 5.75 Å². The predicted molar refractivity (Wildman–Crippen MR) is 81.1 cm³/mol. The smallest absolute Gasteiger partial charge is 0.243 e. The Labute approximate surface area is 126 Å². The third kappa shape index (κ3) is 2.80. The first-order chi connectivity index (χ1) is 10.1. The molecule has 0 aliphatic carbocycles. The minimum Gasteiger partial charge on any atom is -0.493 e. The number of nitrogens with one attached hydrogen (secondary N) is 1. The molecule has 116 valence electrons. The third-order valence-corrected chi connectivity index (χ3v) is 6.23. The second-order valence-electron chi connectivity index (χ2n) is 5.69. The number of benzene rings is 1. The molecule has 2 heterocycles. The van der Waals surface area contributed by atoms with Gasteiger partial charge in [0.2, 0.25) is 10.0 Å². The molecule has 2 aliphatic heterocycles. The molecule has 1 aromatic rings. The summed E-state index contributed by atoms with van der Waals surface area (Å²) in [6.45, 7) is 1.96. The Bertz CT molecular complexity index is 613. The number of hydrogen-bond donors (Lipinski definition) is 1. The fourth-order valence-corrected chi connectivity index (χ4v) is 4.93. The average molecular weight is 310 g/mol. The molecular formula is C15H22N2O3S. The SMILES string of the molecule is CNCC1CCCCN1S(=O)(=O)c1ccc2c(c1)CCO2. The van der Waals surface area contributed by atoms with Gasteiger partial charge in [-0.1, -0.05) is 6.42 Å². The van der Waals surface area contributed by atoms with Crippen molar-refractivity contribution in [1.29, 1.82) is 0 Å². The number of rotatable bonds is 4. The molecule has 6 heteroatoms. The van der Waals surface area contributed by atoms with Crippen molar-refractivity contribution in [3.63, 3.8) is 0 Å². The minimum absolute atomic E-state index is 0.0539. The van der Waals surface area contributed by atoms with Crippen molar-refractivity contribution < 1.29 is 13.2 Å². The van der Waals surface area contributed by atoms with E-state index in [4.69, 9.17) is 4.74 Å². The van der Waals surface area contributed by atoms with E-state index in [-0.39, 0.29) is 6.04 Å². The Kier molecular flexibility index (Phi) is 4.19. The van der Waals surface area contributed by atoms with Gasteiger partial charge in [-0.2, -0.15) is 4.31 Å². The zero-order valence-corrected chi connectivity index (χ0v) is 13.2. The number of sulfonamides is 1. The van der Waals surface area contributed by atoms with Crippen molar-refractivity contribution in [3.05, 3.63) is 23.8 Å². The van der Waals surface area contributed by atoms with Crippen LogP contribution >= 0.6 is 0 Å². The van der Waals surface area contributed by atoms with Crippen LogP contribution < -0.4 is 10.1 Å². The van der Waals surface area contributed by atoms with Gasteiger partial charge in [0.15, 0.2) is 0 Å². The van der Waals surface area contributed by atoms with Gasteiger partial charge >= 0.3 is 0 Å². The summed E-state index contributed by atoms with van der Waals surface area (Å²) >= 11 is 0. The zero-order chi connectivity index (χ0) is 14.9. The van der Waals surface area contributed by atoms with Crippen LogP contribution in [0.2, 0.25) is 0 Å². The summed E-state index contributed by atoms with van der Waals surface area (Å²) in [5.41, 5.74) is 0.998. The van der Waals surface area contributed by atoms with Crippen LogP contribution in [0.3, 0.4) is 0 Å². The summed E-state index contributed by atoms with van der Waals surface area (Å²) in [6, 6.07) is 5.29. The first-order valence-corrected chi connectivity index (χ1v) is 8.99. The Balaban J connectivity index is 1.91. The molecule has 21 heavy (non-hydrogen) atoms. The quantitative estimate of drug-likeness (QED) is 0.913. The highest BCUT2D eigenvalue weighted by atomic mass is 32.2. The monoisotopic (exact) mass is 310 g/mol. The summed E-state index contributed by atoms with van der Waals surface area (Å²) in [5, 5.41) is 3.11. The van der Waals surface area contributed by atoms with Crippen molar-refractivity contribution in [1.82, 2.24) is 9.62 Å². The molecule has 1 saturated heterocycles. The molecule has 1 unspecified atom stereocenters. The number of ether oxygens (including phenoxy) is 1. The van der Waals surface area contributed by atoms with E-state index in [0.717, 1.165) is 37.0 Å². The minimum atomic E-state index is -3.42. The topological polar surface area (TPSA) is 58.6 Å². The highest BCUT2D eigenvalue weighted by Crippen LogP contribution is 2.31. The predicted octanol–water partition coefficient (Wildman–Crippen LogP) is 1.38. The first kappa shape index (κ1) is 14.8. The van der Waals surface area contributed by atoms with E-state index in [1.165, 1.54) is 0 Å². The number of piperidine rings is 1. The van der Waals surface area contributed by atoms with Crippen molar-refractivity contribution >= 4 is 10.0 Å². The number of nitrogens with zero attached hydrogens (tertiary/aromatic N) is 1. The maximum absolute atomic E-state index is 12.9. The molecule has 0 saturated carbocycles. The maximum Gasteiger partial charge on any atom is 0.243 e. The van der Waals surface area contributed by atoms with Crippen LogP contribution in [-0.2, 0) is 16.4 Å². The van der Waals surface area contributed by atoms with Gasteiger partial charge in [-0.05, 0) is 43.7 Å². The van der Waals surface area contributed by atoms with Gasteiger partial charge in [-0.3, -0.25) is 0 Å². The molecular weight excluding hydrogens is 288 g/mol. The normalized spacial score (nSPS) is 22.8. The van der Waals surface area contributed by atoms with E-state index in [1.807, 2.05) is 7.05 Å². The number of hydrogen-bond acceptors (Lipinski definition) is 4. The molecule has 1 aromatic carbocycles. The molecule has 2 aliphatic rings. The van der Waals surface area contributed by atoms with E-state index < -0.39 is 10.0 Å². The van der Waals surface area contributed by atoms with Gasteiger partial charge in [0.1, 0.15) is 5.75 Å². The Hall–Kier alpha value is -1.11. The molecule has 1 atom stereocenters. The van der Waals surface area contributed by atoms with Crippen LogP contribution in [0.1, 0.15) is 24.8 Å². The third-order valence-electron chi connectivity index (χ3n) is 4.28.